The van der Waals surface area contributed by atoms with Gasteiger partial charge in [-0.05, 0) is 38.7 Å². The van der Waals surface area contributed by atoms with E-state index in [1.54, 1.807) is 6.07 Å². The molecular weight excluding hydrogens is 217 g/mol. The summed E-state index contributed by atoms with van der Waals surface area (Å²) in [5.74, 6) is -0.207. The Morgan fingerprint density at radius 3 is 2.35 bits per heavy atom. The van der Waals surface area contributed by atoms with Crippen molar-refractivity contribution < 1.29 is 4.39 Å². The smallest absolute Gasteiger partial charge is 0.146 e. The van der Waals surface area contributed by atoms with E-state index in [1.165, 1.54) is 6.07 Å². The number of hydrogen-bond donors (Lipinski definition) is 1. The third kappa shape index (κ3) is 3.98. The van der Waals surface area contributed by atoms with Crippen molar-refractivity contribution in [3.8, 4) is 0 Å². The minimum Gasteiger partial charge on any atom is -0.371 e. The number of rotatable bonds is 5. The predicted molar refractivity (Wildman–Crippen MR) is 70.8 cm³/mol. The molecule has 17 heavy (non-hydrogen) atoms. The van der Waals surface area contributed by atoms with Crippen molar-refractivity contribution in [1.82, 2.24) is 4.90 Å². The molecule has 0 unspecified atom stereocenters. The van der Waals surface area contributed by atoms with Gasteiger partial charge in [-0.1, -0.05) is 6.07 Å². The molecule has 0 amide bonds. The Hall–Kier alpha value is -1.13. The fourth-order valence-corrected chi connectivity index (χ4v) is 1.59. The van der Waals surface area contributed by atoms with Crippen LogP contribution in [-0.2, 0) is 0 Å². The fraction of sp³-hybridized carbons (Fsp3) is 0.538. The summed E-state index contributed by atoms with van der Waals surface area (Å²) < 4.78 is 13.9. The number of anilines is 1. The van der Waals surface area contributed by atoms with E-state index in [0.29, 0.717) is 5.69 Å². The first-order valence-electron chi connectivity index (χ1n) is 5.82. The second-order valence-electron chi connectivity index (χ2n) is 4.72. The summed E-state index contributed by atoms with van der Waals surface area (Å²) in [6, 6.07) is 5.07. The van der Waals surface area contributed by atoms with E-state index in [4.69, 9.17) is 5.73 Å². The van der Waals surface area contributed by atoms with Gasteiger partial charge in [0.25, 0.3) is 0 Å². The summed E-state index contributed by atoms with van der Waals surface area (Å²) in [5, 5.41) is 0. The van der Waals surface area contributed by atoms with Crippen molar-refractivity contribution in [1.29, 1.82) is 0 Å². The van der Waals surface area contributed by atoms with Crippen LogP contribution in [0.5, 0.6) is 0 Å². The molecule has 1 aromatic carbocycles. The van der Waals surface area contributed by atoms with E-state index < -0.39 is 0 Å². The minimum absolute atomic E-state index is 0.134. The van der Waals surface area contributed by atoms with Gasteiger partial charge < -0.3 is 15.5 Å². The van der Waals surface area contributed by atoms with Gasteiger partial charge in [0.1, 0.15) is 5.82 Å². The zero-order valence-electron chi connectivity index (χ0n) is 11.1. The largest absolute Gasteiger partial charge is 0.371 e. The second-order valence-corrected chi connectivity index (χ2v) is 4.72. The lowest BCUT2D eigenvalue weighted by Crippen LogP contribution is -2.29. The standard InChI is InChI=1S/C13H22FN3/c1-10(15)11-5-6-13(12(14)9-11)17(4)8-7-16(2)3/h5-6,9-10H,7-8,15H2,1-4H3/t10-/m1/s1. The summed E-state index contributed by atoms with van der Waals surface area (Å²) in [5.41, 5.74) is 7.17. The van der Waals surface area contributed by atoms with Crippen molar-refractivity contribution in [2.24, 2.45) is 5.73 Å². The summed E-state index contributed by atoms with van der Waals surface area (Å²) in [6.07, 6.45) is 0. The van der Waals surface area contributed by atoms with Crippen LogP contribution in [0.4, 0.5) is 10.1 Å². The Labute approximate surface area is 103 Å². The normalized spacial score (nSPS) is 12.9. The van der Waals surface area contributed by atoms with Gasteiger partial charge in [0, 0.05) is 26.2 Å². The Balaban J connectivity index is 2.77. The van der Waals surface area contributed by atoms with Gasteiger partial charge in [-0.15, -0.1) is 0 Å². The third-order valence-electron chi connectivity index (χ3n) is 2.79. The quantitative estimate of drug-likeness (QED) is 0.851. The lowest BCUT2D eigenvalue weighted by atomic mass is 10.1. The lowest BCUT2D eigenvalue weighted by Gasteiger charge is -2.22. The summed E-state index contributed by atoms with van der Waals surface area (Å²) in [7, 11) is 5.90. The van der Waals surface area contributed by atoms with Crippen molar-refractivity contribution >= 4 is 5.69 Å². The second kappa shape index (κ2) is 5.98. The number of halogens is 1. The highest BCUT2D eigenvalue weighted by molar-refractivity contribution is 5.48. The SMILES string of the molecule is C[C@@H](N)c1ccc(N(C)CCN(C)C)c(F)c1. The number of hydrogen-bond acceptors (Lipinski definition) is 3. The van der Waals surface area contributed by atoms with Crippen LogP contribution in [0.15, 0.2) is 18.2 Å². The first-order chi connectivity index (χ1) is 7.91. The maximum absolute atomic E-state index is 13.9. The first-order valence-corrected chi connectivity index (χ1v) is 5.82. The Morgan fingerprint density at radius 2 is 1.88 bits per heavy atom. The molecule has 0 aromatic heterocycles. The molecule has 0 saturated heterocycles. The Kier molecular flexibility index (Phi) is 4.90. The van der Waals surface area contributed by atoms with Gasteiger partial charge in [-0.2, -0.15) is 0 Å². The fourth-order valence-electron chi connectivity index (χ4n) is 1.59. The van der Waals surface area contributed by atoms with Crippen LogP contribution in [-0.4, -0.2) is 39.1 Å². The highest BCUT2D eigenvalue weighted by Gasteiger charge is 2.10. The topological polar surface area (TPSA) is 32.5 Å². The van der Waals surface area contributed by atoms with Gasteiger partial charge in [0.05, 0.1) is 5.69 Å². The molecule has 0 aliphatic heterocycles. The van der Waals surface area contributed by atoms with E-state index in [0.717, 1.165) is 18.7 Å². The van der Waals surface area contributed by atoms with Crippen molar-refractivity contribution in [3.63, 3.8) is 0 Å². The van der Waals surface area contributed by atoms with E-state index in [1.807, 2.05) is 39.0 Å². The summed E-state index contributed by atoms with van der Waals surface area (Å²) in [6.45, 7) is 3.54. The van der Waals surface area contributed by atoms with Crippen molar-refractivity contribution in [3.05, 3.63) is 29.6 Å². The molecular formula is C13H22FN3. The van der Waals surface area contributed by atoms with Crippen LogP contribution in [0.1, 0.15) is 18.5 Å². The molecule has 0 aliphatic carbocycles. The Bertz CT molecular complexity index is 364. The molecule has 3 nitrogen and oxygen atoms in total. The van der Waals surface area contributed by atoms with E-state index in [-0.39, 0.29) is 11.9 Å². The monoisotopic (exact) mass is 239 g/mol. The van der Waals surface area contributed by atoms with Gasteiger partial charge in [0.15, 0.2) is 0 Å². The molecule has 1 atom stereocenters. The molecule has 0 bridgehead atoms. The molecule has 2 N–H and O–H groups in total. The maximum Gasteiger partial charge on any atom is 0.146 e. The average molecular weight is 239 g/mol. The molecule has 4 heteroatoms. The zero-order chi connectivity index (χ0) is 13.0. The van der Waals surface area contributed by atoms with Crippen LogP contribution in [0.3, 0.4) is 0 Å². The molecule has 0 radical (unpaired) electrons. The third-order valence-corrected chi connectivity index (χ3v) is 2.79. The Morgan fingerprint density at radius 1 is 1.24 bits per heavy atom. The molecule has 0 saturated carbocycles. The average Bonchev–Trinajstić information content (AvgIpc) is 2.25. The van der Waals surface area contributed by atoms with Gasteiger partial charge in [-0.25, -0.2) is 4.39 Å². The molecule has 0 aliphatic rings. The van der Waals surface area contributed by atoms with Gasteiger partial charge >= 0.3 is 0 Å². The molecule has 96 valence electrons. The van der Waals surface area contributed by atoms with Crippen LogP contribution < -0.4 is 10.6 Å². The highest BCUT2D eigenvalue weighted by atomic mass is 19.1. The van der Waals surface area contributed by atoms with E-state index in [9.17, 15) is 4.39 Å². The van der Waals surface area contributed by atoms with Crippen LogP contribution in [0.25, 0.3) is 0 Å². The first kappa shape index (κ1) is 13.9. The number of likely N-dealkylation sites (N-methyl/N-ethyl adjacent to an activating group) is 2. The molecule has 0 spiro atoms. The van der Waals surface area contributed by atoms with E-state index in [2.05, 4.69) is 4.90 Å². The minimum atomic E-state index is -0.207. The number of nitrogens with two attached hydrogens (primary N) is 1. The predicted octanol–water partition coefficient (Wildman–Crippen LogP) is 1.84. The highest BCUT2D eigenvalue weighted by Crippen LogP contribution is 2.21. The van der Waals surface area contributed by atoms with Crippen molar-refractivity contribution in [2.45, 2.75) is 13.0 Å². The lowest BCUT2D eigenvalue weighted by molar-refractivity contribution is 0.416. The van der Waals surface area contributed by atoms with Crippen LogP contribution >= 0.6 is 0 Å². The summed E-state index contributed by atoms with van der Waals surface area (Å²) >= 11 is 0. The number of benzene rings is 1. The van der Waals surface area contributed by atoms with E-state index >= 15 is 0 Å². The van der Waals surface area contributed by atoms with Gasteiger partial charge in [0.2, 0.25) is 0 Å². The summed E-state index contributed by atoms with van der Waals surface area (Å²) in [4.78, 5) is 3.99. The molecule has 1 aromatic rings. The number of nitrogens with zero attached hydrogens (tertiary/aromatic N) is 2. The maximum atomic E-state index is 13.9. The van der Waals surface area contributed by atoms with Gasteiger partial charge in [-0.3, -0.25) is 0 Å². The molecule has 1 rings (SSSR count). The molecule has 0 fully saturated rings. The zero-order valence-corrected chi connectivity index (χ0v) is 11.1. The molecule has 0 heterocycles. The van der Waals surface area contributed by atoms with Crippen LogP contribution in [0, 0.1) is 5.82 Å². The van der Waals surface area contributed by atoms with Crippen molar-refractivity contribution in [2.75, 3.05) is 39.1 Å². The van der Waals surface area contributed by atoms with Crippen LogP contribution in [0.2, 0.25) is 0 Å².